The van der Waals surface area contributed by atoms with Crippen molar-refractivity contribution in [1.82, 2.24) is 9.97 Å². The zero-order chi connectivity index (χ0) is 14.8. The van der Waals surface area contributed by atoms with Crippen molar-refractivity contribution < 1.29 is 0 Å². The van der Waals surface area contributed by atoms with Crippen LogP contribution in [-0.2, 0) is 12.8 Å². The van der Waals surface area contributed by atoms with Crippen molar-refractivity contribution in [3.8, 4) is 0 Å². The lowest BCUT2D eigenvalue weighted by Gasteiger charge is -2.26. The minimum absolute atomic E-state index is 0.442. The van der Waals surface area contributed by atoms with Gasteiger partial charge in [0.15, 0.2) is 0 Å². The summed E-state index contributed by atoms with van der Waals surface area (Å²) in [6.45, 7) is 3.99. The average molecular weight is 282 g/mol. The highest BCUT2D eigenvalue weighted by atomic mass is 15.1. The maximum Gasteiger partial charge on any atom is 0.134 e. The number of nitrogens with one attached hydrogen (secondary N) is 2. The number of aromatic nitrogens is 2. The molecule has 0 saturated carbocycles. The molecule has 1 aliphatic rings. The van der Waals surface area contributed by atoms with Crippen LogP contribution in [0.3, 0.4) is 0 Å². The summed E-state index contributed by atoms with van der Waals surface area (Å²) in [4.78, 5) is 8.99. The fourth-order valence-corrected chi connectivity index (χ4v) is 3.03. The van der Waals surface area contributed by atoms with Gasteiger partial charge in [0.05, 0.1) is 0 Å². The highest BCUT2D eigenvalue weighted by Gasteiger charge is 2.19. The summed E-state index contributed by atoms with van der Waals surface area (Å²) >= 11 is 0. The molecule has 21 heavy (non-hydrogen) atoms. The van der Waals surface area contributed by atoms with E-state index in [1.165, 1.54) is 11.1 Å². The smallest absolute Gasteiger partial charge is 0.134 e. The fraction of sp³-hybridized carbons (Fsp3) is 0.412. The van der Waals surface area contributed by atoms with Gasteiger partial charge in [-0.15, -0.1) is 0 Å². The lowest BCUT2D eigenvalue weighted by atomic mass is 9.88. The van der Waals surface area contributed by atoms with E-state index in [1.807, 2.05) is 14.0 Å². The Kier molecular flexibility index (Phi) is 3.78. The monoisotopic (exact) mass is 282 g/mol. The Labute approximate surface area is 126 Å². The summed E-state index contributed by atoms with van der Waals surface area (Å²) in [6.07, 6.45) is 3.35. The van der Waals surface area contributed by atoms with Gasteiger partial charge >= 0.3 is 0 Å². The van der Waals surface area contributed by atoms with Crippen molar-refractivity contribution >= 4 is 11.6 Å². The van der Waals surface area contributed by atoms with Gasteiger partial charge < -0.3 is 10.6 Å². The van der Waals surface area contributed by atoms with Gasteiger partial charge in [-0.3, -0.25) is 0 Å². The molecule has 1 aromatic heterocycles. The van der Waals surface area contributed by atoms with Crippen molar-refractivity contribution in [2.75, 3.05) is 17.7 Å². The minimum Gasteiger partial charge on any atom is -0.373 e. The molecule has 2 aromatic rings. The molecule has 0 fully saturated rings. The van der Waals surface area contributed by atoms with Gasteiger partial charge in [-0.25, -0.2) is 9.97 Å². The summed E-state index contributed by atoms with van der Waals surface area (Å²) in [7, 11) is 1.90. The van der Waals surface area contributed by atoms with Crippen LogP contribution in [0.5, 0.6) is 0 Å². The van der Waals surface area contributed by atoms with E-state index in [2.05, 4.69) is 51.8 Å². The van der Waals surface area contributed by atoms with E-state index in [4.69, 9.17) is 0 Å². The third kappa shape index (κ3) is 2.84. The molecule has 1 unspecified atom stereocenters. The van der Waals surface area contributed by atoms with Crippen molar-refractivity contribution in [3.63, 3.8) is 0 Å². The second-order valence-corrected chi connectivity index (χ2v) is 5.70. The normalized spacial score (nSPS) is 17.2. The maximum absolute atomic E-state index is 4.57. The second-order valence-electron chi connectivity index (χ2n) is 5.70. The van der Waals surface area contributed by atoms with Gasteiger partial charge in [0.25, 0.3) is 0 Å². The van der Waals surface area contributed by atoms with Gasteiger partial charge in [-0.05, 0) is 44.2 Å². The summed E-state index contributed by atoms with van der Waals surface area (Å²) in [6, 6.07) is 9.17. The van der Waals surface area contributed by atoms with E-state index in [0.29, 0.717) is 6.04 Å². The topological polar surface area (TPSA) is 49.8 Å². The molecule has 1 atom stereocenters. The van der Waals surface area contributed by atoms with E-state index >= 15 is 0 Å². The first kappa shape index (κ1) is 13.9. The Morgan fingerprint density at radius 3 is 2.52 bits per heavy atom. The van der Waals surface area contributed by atoms with E-state index in [9.17, 15) is 0 Å². The molecule has 0 bridgehead atoms. The van der Waals surface area contributed by atoms with E-state index < -0.39 is 0 Å². The molecule has 0 amide bonds. The highest BCUT2D eigenvalue weighted by molar-refractivity contribution is 5.57. The molecule has 110 valence electrons. The highest BCUT2D eigenvalue weighted by Crippen LogP contribution is 2.26. The molecule has 0 saturated heterocycles. The number of benzene rings is 1. The number of nitrogens with zero attached hydrogens (tertiary/aromatic N) is 2. The molecule has 2 N–H and O–H groups in total. The first-order valence-corrected chi connectivity index (χ1v) is 7.53. The summed E-state index contributed by atoms with van der Waals surface area (Å²) in [5, 5.41) is 6.75. The van der Waals surface area contributed by atoms with Gasteiger partial charge in [-0.1, -0.05) is 24.3 Å². The largest absolute Gasteiger partial charge is 0.373 e. The Balaban J connectivity index is 1.81. The van der Waals surface area contributed by atoms with Crippen LogP contribution in [0.4, 0.5) is 11.6 Å². The first-order chi connectivity index (χ1) is 10.2. The predicted octanol–water partition coefficient (Wildman–Crippen LogP) is 3.10. The summed E-state index contributed by atoms with van der Waals surface area (Å²) in [5.74, 6) is 2.65. The molecular formula is C17H22N4. The first-order valence-electron chi connectivity index (χ1n) is 7.53. The number of hydrogen-bond donors (Lipinski definition) is 2. The van der Waals surface area contributed by atoms with Gasteiger partial charge in [0, 0.05) is 18.7 Å². The molecular weight excluding hydrogens is 260 g/mol. The average Bonchev–Trinajstić information content (AvgIpc) is 2.50. The summed E-state index contributed by atoms with van der Waals surface area (Å²) < 4.78 is 0. The molecule has 0 aliphatic heterocycles. The van der Waals surface area contributed by atoms with Crippen molar-refractivity contribution in [1.29, 1.82) is 0 Å². The third-order valence-corrected chi connectivity index (χ3v) is 4.18. The van der Waals surface area contributed by atoms with E-state index in [1.54, 1.807) is 0 Å². The van der Waals surface area contributed by atoms with Crippen molar-refractivity contribution in [3.05, 3.63) is 46.8 Å². The van der Waals surface area contributed by atoms with Gasteiger partial charge in [0.2, 0.25) is 0 Å². The SMILES string of the molecule is CNc1nc(C)nc(NC2CCc3ccccc3C2)c1C. The Morgan fingerprint density at radius 1 is 1.05 bits per heavy atom. The lowest BCUT2D eigenvalue weighted by Crippen LogP contribution is -2.28. The zero-order valence-electron chi connectivity index (χ0n) is 12.9. The molecule has 1 heterocycles. The second kappa shape index (κ2) is 5.72. The quantitative estimate of drug-likeness (QED) is 0.908. The lowest BCUT2D eigenvalue weighted by molar-refractivity contribution is 0.608. The van der Waals surface area contributed by atoms with Gasteiger partial charge in [-0.2, -0.15) is 0 Å². The Hall–Kier alpha value is -2.10. The van der Waals surface area contributed by atoms with Gasteiger partial charge in [0.1, 0.15) is 17.5 Å². The number of fused-ring (bicyclic) bond motifs is 1. The maximum atomic E-state index is 4.57. The molecule has 4 heteroatoms. The third-order valence-electron chi connectivity index (χ3n) is 4.18. The predicted molar refractivity (Wildman–Crippen MR) is 86.9 cm³/mol. The van der Waals surface area contributed by atoms with Crippen LogP contribution in [0.2, 0.25) is 0 Å². The molecule has 1 aromatic carbocycles. The van der Waals surface area contributed by atoms with Crippen LogP contribution < -0.4 is 10.6 Å². The standard InChI is InChI=1S/C17H22N4/c1-11-16(18-3)19-12(2)20-17(11)21-15-9-8-13-6-4-5-7-14(13)10-15/h4-7,15H,8-10H2,1-3H3,(H2,18,19,20,21). The van der Waals surface area contributed by atoms with Crippen molar-refractivity contribution in [2.24, 2.45) is 0 Å². The minimum atomic E-state index is 0.442. The Bertz CT molecular complexity index is 651. The van der Waals surface area contributed by atoms with Crippen LogP contribution in [0.25, 0.3) is 0 Å². The zero-order valence-corrected chi connectivity index (χ0v) is 12.9. The fourth-order valence-electron chi connectivity index (χ4n) is 3.03. The number of anilines is 2. The number of aryl methyl sites for hydroxylation is 2. The molecule has 0 radical (unpaired) electrons. The Morgan fingerprint density at radius 2 is 1.76 bits per heavy atom. The number of rotatable bonds is 3. The molecule has 1 aliphatic carbocycles. The van der Waals surface area contributed by atoms with E-state index in [-0.39, 0.29) is 0 Å². The molecule has 0 spiro atoms. The molecule has 3 rings (SSSR count). The van der Waals surface area contributed by atoms with Crippen LogP contribution in [0, 0.1) is 13.8 Å². The summed E-state index contributed by atoms with van der Waals surface area (Å²) in [5.41, 5.74) is 4.03. The van der Waals surface area contributed by atoms with Crippen LogP contribution >= 0.6 is 0 Å². The molecule has 4 nitrogen and oxygen atoms in total. The van der Waals surface area contributed by atoms with Crippen LogP contribution in [0.15, 0.2) is 24.3 Å². The van der Waals surface area contributed by atoms with Crippen molar-refractivity contribution in [2.45, 2.75) is 39.2 Å². The number of hydrogen-bond acceptors (Lipinski definition) is 4. The van der Waals surface area contributed by atoms with Crippen LogP contribution in [-0.4, -0.2) is 23.1 Å². The van der Waals surface area contributed by atoms with E-state index in [0.717, 1.165) is 42.3 Å². The van der Waals surface area contributed by atoms with Crippen LogP contribution in [0.1, 0.15) is 28.9 Å².